The van der Waals surface area contributed by atoms with E-state index in [2.05, 4.69) is 42.1 Å². The van der Waals surface area contributed by atoms with E-state index in [1.165, 1.54) is 9.87 Å². The van der Waals surface area contributed by atoms with Gasteiger partial charge in [-0.25, -0.2) is 8.42 Å². The molecule has 4 rings (SSSR count). The number of fused-ring (bicyclic) bond motifs is 1. The van der Waals surface area contributed by atoms with Gasteiger partial charge in [-0.1, -0.05) is 49.3 Å². The molecule has 2 aliphatic heterocycles. The van der Waals surface area contributed by atoms with Gasteiger partial charge in [0.2, 0.25) is 15.7 Å². The molecule has 0 aliphatic carbocycles. The molecule has 2 heterocycles. The lowest BCUT2D eigenvalue weighted by Crippen LogP contribution is -2.54. The Bertz CT molecular complexity index is 1090. The Morgan fingerprint density at radius 2 is 1.70 bits per heavy atom. The summed E-state index contributed by atoms with van der Waals surface area (Å²) in [6, 6.07) is 15.3. The molecule has 160 valence electrons. The summed E-state index contributed by atoms with van der Waals surface area (Å²) in [5, 5.41) is 4.44. The van der Waals surface area contributed by atoms with Gasteiger partial charge in [-0.15, -0.1) is 0 Å². The highest BCUT2D eigenvalue weighted by molar-refractivity contribution is 7.89. The van der Waals surface area contributed by atoms with E-state index >= 15 is 0 Å². The van der Waals surface area contributed by atoms with E-state index in [1.54, 1.807) is 12.1 Å². The fourth-order valence-electron chi connectivity index (χ4n) is 4.74. The lowest BCUT2D eigenvalue weighted by molar-refractivity contribution is -0.0591. The molecule has 0 aromatic heterocycles. The number of hydrogen-bond acceptors (Lipinski definition) is 5. The highest BCUT2D eigenvalue weighted by Crippen LogP contribution is 2.55. The van der Waals surface area contributed by atoms with Crippen LogP contribution in [0.15, 0.2) is 58.6 Å². The first-order valence-corrected chi connectivity index (χ1v) is 11.8. The van der Waals surface area contributed by atoms with Crippen molar-refractivity contribution < 1.29 is 13.3 Å². The topological polar surface area (TPSA) is 62.2 Å². The van der Waals surface area contributed by atoms with Gasteiger partial charge in [-0.05, 0) is 43.2 Å². The van der Waals surface area contributed by atoms with Gasteiger partial charge in [0.15, 0.2) is 0 Å². The van der Waals surface area contributed by atoms with Gasteiger partial charge in [0.1, 0.15) is 0 Å². The van der Waals surface area contributed by atoms with Crippen LogP contribution < -0.4 is 4.90 Å². The molecule has 1 atom stereocenters. The largest absolute Gasteiger partial charge is 0.366 e. The standard InChI is InChI=1S/C23H29N3O3S/c1-6-26(7-2)30(27,28)18-14-12-17(13-15-18)20-16-23(29-24-20)22(3,4)19-10-8-9-11-21(19)25(23)5/h8-15H,6-7,16H2,1-5H3/t23-/m0/s1. The van der Waals surface area contributed by atoms with Crippen LogP contribution in [0.3, 0.4) is 0 Å². The minimum Gasteiger partial charge on any atom is -0.366 e. The maximum Gasteiger partial charge on any atom is 0.243 e. The zero-order valence-electron chi connectivity index (χ0n) is 18.2. The van der Waals surface area contributed by atoms with Crippen LogP contribution in [0.1, 0.15) is 45.2 Å². The SMILES string of the molecule is CCN(CC)S(=O)(=O)c1ccc(C2=NO[C@]3(C2)N(C)c2ccccc2C3(C)C)cc1. The van der Waals surface area contributed by atoms with Crippen molar-refractivity contribution in [2.45, 2.75) is 50.2 Å². The molecule has 2 aromatic rings. The third kappa shape index (κ3) is 2.79. The first kappa shape index (κ1) is 20.9. The summed E-state index contributed by atoms with van der Waals surface area (Å²) in [5.41, 5.74) is 3.25. The van der Waals surface area contributed by atoms with Gasteiger partial charge in [0, 0.05) is 25.8 Å². The molecule has 0 bridgehead atoms. The van der Waals surface area contributed by atoms with Crippen LogP contribution in [0.2, 0.25) is 0 Å². The Morgan fingerprint density at radius 1 is 1.07 bits per heavy atom. The number of rotatable bonds is 5. The summed E-state index contributed by atoms with van der Waals surface area (Å²) in [7, 11) is -1.43. The van der Waals surface area contributed by atoms with Crippen molar-refractivity contribution in [1.82, 2.24) is 4.31 Å². The van der Waals surface area contributed by atoms with E-state index in [1.807, 2.05) is 39.1 Å². The zero-order valence-corrected chi connectivity index (χ0v) is 19.0. The predicted octanol–water partition coefficient (Wildman–Crippen LogP) is 3.97. The summed E-state index contributed by atoms with van der Waals surface area (Å²) in [6.45, 7) is 8.97. The number of para-hydroxylation sites is 1. The van der Waals surface area contributed by atoms with E-state index in [-0.39, 0.29) is 5.41 Å². The van der Waals surface area contributed by atoms with Gasteiger partial charge in [-0.2, -0.15) is 4.31 Å². The normalized spacial score (nSPS) is 22.3. The molecule has 0 amide bonds. The van der Waals surface area contributed by atoms with Crippen molar-refractivity contribution in [2.75, 3.05) is 25.0 Å². The van der Waals surface area contributed by atoms with Crippen LogP contribution in [0.4, 0.5) is 5.69 Å². The number of hydrogen-bond donors (Lipinski definition) is 0. The molecule has 0 saturated carbocycles. The van der Waals surface area contributed by atoms with E-state index in [9.17, 15) is 8.42 Å². The number of benzene rings is 2. The Hall–Kier alpha value is -2.38. The Balaban J connectivity index is 1.62. The van der Waals surface area contributed by atoms with Crippen LogP contribution in [0, 0.1) is 0 Å². The van der Waals surface area contributed by atoms with Crippen LogP contribution in [-0.4, -0.2) is 44.3 Å². The van der Waals surface area contributed by atoms with Gasteiger partial charge >= 0.3 is 0 Å². The maximum absolute atomic E-state index is 12.7. The molecule has 2 aromatic carbocycles. The third-order valence-corrected chi connectivity index (χ3v) is 8.77. The Kier molecular flexibility index (Phi) is 4.94. The highest BCUT2D eigenvalue weighted by atomic mass is 32.2. The smallest absolute Gasteiger partial charge is 0.243 e. The quantitative estimate of drug-likeness (QED) is 0.725. The van der Waals surface area contributed by atoms with Gasteiger partial charge in [-0.3, -0.25) is 0 Å². The molecule has 2 aliphatic rings. The zero-order chi connectivity index (χ0) is 21.7. The number of anilines is 1. The van der Waals surface area contributed by atoms with Gasteiger partial charge in [0.05, 0.1) is 22.4 Å². The predicted molar refractivity (Wildman–Crippen MR) is 119 cm³/mol. The number of sulfonamides is 1. The monoisotopic (exact) mass is 427 g/mol. The second-order valence-corrected chi connectivity index (χ2v) is 10.3. The molecule has 30 heavy (non-hydrogen) atoms. The molecule has 0 unspecified atom stereocenters. The molecule has 0 fully saturated rings. The lowest BCUT2D eigenvalue weighted by Gasteiger charge is -2.40. The average molecular weight is 428 g/mol. The summed E-state index contributed by atoms with van der Waals surface area (Å²) < 4.78 is 27.0. The molecule has 0 N–H and O–H groups in total. The van der Waals surface area contributed by atoms with Crippen molar-refractivity contribution in [3.8, 4) is 0 Å². The number of likely N-dealkylation sites (N-methyl/N-ethyl adjacent to an activating group) is 1. The van der Waals surface area contributed by atoms with Gasteiger partial charge in [0.25, 0.3) is 0 Å². The highest BCUT2D eigenvalue weighted by Gasteiger charge is 2.61. The number of nitrogens with zero attached hydrogens (tertiary/aromatic N) is 3. The Labute approximate surface area is 179 Å². The van der Waals surface area contributed by atoms with Crippen LogP contribution in [0.5, 0.6) is 0 Å². The van der Waals surface area contributed by atoms with Crippen molar-refractivity contribution in [3.63, 3.8) is 0 Å². The first-order valence-electron chi connectivity index (χ1n) is 10.4. The van der Waals surface area contributed by atoms with Gasteiger partial charge < -0.3 is 9.74 Å². The van der Waals surface area contributed by atoms with E-state index in [0.29, 0.717) is 24.4 Å². The van der Waals surface area contributed by atoms with Crippen molar-refractivity contribution in [1.29, 1.82) is 0 Å². The van der Waals surface area contributed by atoms with Crippen LogP contribution in [-0.2, 0) is 20.3 Å². The molecule has 1 spiro atoms. The molecule has 6 nitrogen and oxygen atoms in total. The maximum atomic E-state index is 12.7. The third-order valence-electron chi connectivity index (χ3n) is 6.70. The molecule has 7 heteroatoms. The minimum atomic E-state index is -3.47. The Morgan fingerprint density at radius 3 is 2.30 bits per heavy atom. The molecule has 0 saturated heterocycles. The van der Waals surface area contributed by atoms with Crippen molar-refractivity contribution in [2.24, 2.45) is 5.16 Å². The second-order valence-electron chi connectivity index (χ2n) is 8.41. The van der Waals surface area contributed by atoms with E-state index in [0.717, 1.165) is 17.0 Å². The average Bonchev–Trinajstić information content (AvgIpc) is 3.26. The van der Waals surface area contributed by atoms with E-state index in [4.69, 9.17) is 4.84 Å². The fourth-order valence-corrected chi connectivity index (χ4v) is 6.20. The second kappa shape index (κ2) is 7.10. The first-order chi connectivity index (χ1) is 14.2. The molecular weight excluding hydrogens is 398 g/mol. The number of oxime groups is 1. The summed E-state index contributed by atoms with van der Waals surface area (Å²) in [6.07, 6.45) is 0.618. The van der Waals surface area contributed by atoms with Crippen LogP contribution >= 0.6 is 0 Å². The van der Waals surface area contributed by atoms with Crippen molar-refractivity contribution >= 4 is 21.4 Å². The minimum absolute atomic E-state index is 0.254. The van der Waals surface area contributed by atoms with Crippen LogP contribution in [0.25, 0.3) is 0 Å². The summed E-state index contributed by atoms with van der Waals surface area (Å²) in [4.78, 5) is 8.62. The molecular formula is C23H29N3O3S. The lowest BCUT2D eigenvalue weighted by atomic mass is 9.75. The van der Waals surface area contributed by atoms with E-state index < -0.39 is 15.7 Å². The molecule has 0 radical (unpaired) electrons. The summed E-state index contributed by atoms with van der Waals surface area (Å²) in [5.74, 6) is 0. The summed E-state index contributed by atoms with van der Waals surface area (Å²) >= 11 is 0. The fraction of sp³-hybridized carbons (Fsp3) is 0.435. The van der Waals surface area contributed by atoms with Crippen molar-refractivity contribution in [3.05, 3.63) is 59.7 Å².